The van der Waals surface area contributed by atoms with Crippen LogP contribution in [0.25, 0.3) is 10.8 Å². The summed E-state index contributed by atoms with van der Waals surface area (Å²) >= 11 is 0. The predicted octanol–water partition coefficient (Wildman–Crippen LogP) is 3.08. The highest BCUT2D eigenvalue weighted by atomic mass is 19.1. The van der Waals surface area contributed by atoms with Crippen molar-refractivity contribution in [2.45, 2.75) is 26.3 Å². The molecule has 0 saturated carbocycles. The molecule has 0 aliphatic carbocycles. The molecule has 0 spiro atoms. The Kier molecular flexibility index (Phi) is 4.28. The Morgan fingerprint density at radius 3 is 2.43 bits per heavy atom. The topological polar surface area (TPSA) is 55.1 Å². The van der Waals surface area contributed by atoms with Gasteiger partial charge in [0.1, 0.15) is 5.82 Å². The third-order valence-corrected chi connectivity index (χ3v) is 4.21. The molecule has 0 saturated heterocycles. The summed E-state index contributed by atoms with van der Waals surface area (Å²) in [6.45, 7) is 6.28. The molecule has 0 bridgehead atoms. The van der Waals surface area contributed by atoms with Gasteiger partial charge in [0.2, 0.25) is 0 Å². The van der Waals surface area contributed by atoms with E-state index in [-0.39, 0.29) is 17.6 Å². The number of carbonyl (C=O) groups excluding carboxylic acids is 1. The second-order valence-electron chi connectivity index (χ2n) is 5.87. The van der Waals surface area contributed by atoms with Crippen LogP contribution in [0.5, 0.6) is 0 Å². The van der Waals surface area contributed by atoms with Gasteiger partial charge in [0.05, 0.1) is 5.54 Å². The fraction of sp³-hybridized carbons (Fsp3) is 0.353. The largest absolute Gasteiger partial charge is 0.345 e. The van der Waals surface area contributed by atoms with Crippen molar-refractivity contribution in [3.05, 3.63) is 47.8 Å². The first-order valence-electron chi connectivity index (χ1n) is 7.09. The maximum Gasteiger partial charge on any atom is 0.252 e. The van der Waals surface area contributed by atoms with E-state index in [1.165, 1.54) is 12.1 Å². The van der Waals surface area contributed by atoms with Crippen molar-refractivity contribution in [1.82, 2.24) is 5.32 Å². The summed E-state index contributed by atoms with van der Waals surface area (Å²) < 4.78 is 13.8. The van der Waals surface area contributed by atoms with Crippen LogP contribution in [-0.2, 0) is 0 Å². The van der Waals surface area contributed by atoms with Gasteiger partial charge in [0.25, 0.3) is 5.91 Å². The molecular weight excluding hydrogens is 267 g/mol. The van der Waals surface area contributed by atoms with E-state index in [0.717, 1.165) is 0 Å². The third kappa shape index (κ3) is 2.90. The van der Waals surface area contributed by atoms with Crippen molar-refractivity contribution in [3.8, 4) is 0 Å². The van der Waals surface area contributed by atoms with Crippen LogP contribution in [0.15, 0.2) is 36.4 Å². The van der Waals surface area contributed by atoms with Crippen molar-refractivity contribution in [1.29, 1.82) is 0 Å². The van der Waals surface area contributed by atoms with E-state index < -0.39 is 5.54 Å². The van der Waals surface area contributed by atoms with E-state index in [0.29, 0.717) is 22.9 Å². The summed E-state index contributed by atoms with van der Waals surface area (Å²) in [6.07, 6.45) is 0. The van der Waals surface area contributed by atoms with Crippen LogP contribution < -0.4 is 11.1 Å². The smallest absolute Gasteiger partial charge is 0.252 e. The number of nitrogens with one attached hydrogen (secondary N) is 1. The van der Waals surface area contributed by atoms with Crippen LogP contribution in [-0.4, -0.2) is 18.0 Å². The van der Waals surface area contributed by atoms with Gasteiger partial charge in [-0.05, 0) is 30.4 Å². The van der Waals surface area contributed by atoms with Gasteiger partial charge in [-0.2, -0.15) is 0 Å². The Balaban J connectivity index is 2.43. The average Bonchev–Trinajstić information content (AvgIpc) is 2.47. The van der Waals surface area contributed by atoms with Crippen LogP contribution in [0, 0.1) is 11.7 Å². The first-order valence-corrected chi connectivity index (χ1v) is 7.09. The maximum absolute atomic E-state index is 13.8. The number of benzene rings is 2. The molecule has 3 N–H and O–H groups in total. The van der Waals surface area contributed by atoms with E-state index in [4.69, 9.17) is 5.73 Å². The predicted molar refractivity (Wildman–Crippen MR) is 83.7 cm³/mol. The highest BCUT2D eigenvalue weighted by Crippen LogP contribution is 2.23. The summed E-state index contributed by atoms with van der Waals surface area (Å²) in [5.74, 6) is -0.362. The Bertz CT molecular complexity index is 669. The second kappa shape index (κ2) is 5.82. The molecule has 0 fully saturated rings. The Morgan fingerprint density at radius 1 is 1.24 bits per heavy atom. The summed E-state index contributed by atoms with van der Waals surface area (Å²) in [6, 6.07) is 9.82. The lowest BCUT2D eigenvalue weighted by atomic mass is 9.88. The molecule has 21 heavy (non-hydrogen) atoms. The fourth-order valence-electron chi connectivity index (χ4n) is 2.22. The van der Waals surface area contributed by atoms with Crippen LogP contribution in [0.1, 0.15) is 31.1 Å². The quantitative estimate of drug-likeness (QED) is 0.908. The molecule has 0 aromatic heterocycles. The minimum atomic E-state index is -0.493. The molecule has 2 aromatic carbocycles. The van der Waals surface area contributed by atoms with E-state index in [2.05, 4.69) is 5.32 Å². The zero-order chi connectivity index (χ0) is 15.6. The molecule has 112 valence electrons. The summed E-state index contributed by atoms with van der Waals surface area (Å²) in [4.78, 5) is 12.6. The van der Waals surface area contributed by atoms with Crippen molar-refractivity contribution >= 4 is 16.7 Å². The molecule has 1 amide bonds. The van der Waals surface area contributed by atoms with Gasteiger partial charge in [-0.1, -0.05) is 38.1 Å². The summed E-state index contributed by atoms with van der Waals surface area (Å²) in [5.41, 5.74) is 5.77. The van der Waals surface area contributed by atoms with Gasteiger partial charge < -0.3 is 11.1 Å². The lowest BCUT2D eigenvalue weighted by Crippen LogP contribution is -2.55. The maximum atomic E-state index is 13.8. The highest BCUT2D eigenvalue weighted by Gasteiger charge is 2.29. The Hall–Kier alpha value is -1.94. The van der Waals surface area contributed by atoms with Crippen LogP contribution in [0.3, 0.4) is 0 Å². The zero-order valence-corrected chi connectivity index (χ0v) is 12.6. The Labute approximate surface area is 124 Å². The number of hydrogen-bond acceptors (Lipinski definition) is 2. The number of rotatable bonds is 4. The third-order valence-electron chi connectivity index (χ3n) is 4.21. The standard InChI is InChI=1S/C17H21FN2O/c1-11(2)17(3,10-19)20-16(21)14-8-9-15(18)13-7-5-4-6-12(13)14/h4-9,11H,10,19H2,1-3H3,(H,20,21). The van der Waals surface area contributed by atoms with E-state index in [1.54, 1.807) is 24.3 Å². The molecule has 4 heteroatoms. The van der Waals surface area contributed by atoms with Crippen molar-refractivity contribution in [2.24, 2.45) is 11.7 Å². The molecule has 2 rings (SSSR count). The second-order valence-corrected chi connectivity index (χ2v) is 5.87. The lowest BCUT2D eigenvalue weighted by Gasteiger charge is -2.33. The van der Waals surface area contributed by atoms with E-state index in [9.17, 15) is 9.18 Å². The number of carbonyl (C=O) groups is 1. The van der Waals surface area contributed by atoms with E-state index >= 15 is 0 Å². The van der Waals surface area contributed by atoms with Crippen molar-refractivity contribution < 1.29 is 9.18 Å². The fourth-order valence-corrected chi connectivity index (χ4v) is 2.22. The highest BCUT2D eigenvalue weighted by molar-refractivity contribution is 6.07. The molecule has 2 aromatic rings. The Morgan fingerprint density at radius 2 is 1.86 bits per heavy atom. The number of hydrogen-bond donors (Lipinski definition) is 2. The summed E-state index contributed by atoms with van der Waals surface area (Å²) in [5, 5.41) is 4.04. The van der Waals surface area contributed by atoms with Crippen molar-refractivity contribution in [3.63, 3.8) is 0 Å². The molecule has 1 unspecified atom stereocenters. The van der Waals surface area contributed by atoms with Crippen LogP contribution >= 0.6 is 0 Å². The van der Waals surface area contributed by atoms with Gasteiger partial charge in [0, 0.05) is 17.5 Å². The van der Waals surface area contributed by atoms with E-state index in [1.807, 2.05) is 20.8 Å². The van der Waals surface area contributed by atoms with Gasteiger partial charge in [-0.3, -0.25) is 4.79 Å². The first kappa shape index (κ1) is 15.4. The molecule has 1 atom stereocenters. The molecule has 0 heterocycles. The number of nitrogens with two attached hydrogens (primary N) is 1. The van der Waals surface area contributed by atoms with Crippen LogP contribution in [0.4, 0.5) is 4.39 Å². The van der Waals surface area contributed by atoms with Crippen LogP contribution in [0.2, 0.25) is 0 Å². The minimum absolute atomic E-state index is 0.193. The SMILES string of the molecule is CC(C)C(C)(CN)NC(=O)c1ccc(F)c2ccccc12. The number of amides is 1. The number of fused-ring (bicyclic) bond motifs is 1. The molecule has 3 nitrogen and oxygen atoms in total. The van der Waals surface area contributed by atoms with Gasteiger partial charge in [-0.15, -0.1) is 0 Å². The average molecular weight is 288 g/mol. The van der Waals surface area contributed by atoms with Gasteiger partial charge in [-0.25, -0.2) is 4.39 Å². The summed E-state index contributed by atoms with van der Waals surface area (Å²) in [7, 11) is 0. The molecule has 0 radical (unpaired) electrons. The van der Waals surface area contributed by atoms with Gasteiger partial charge >= 0.3 is 0 Å². The van der Waals surface area contributed by atoms with Gasteiger partial charge in [0.15, 0.2) is 0 Å². The first-order chi connectivity index (χ1) is 9.89. The monoisotopic (exact) mass is 288 g/mol. The molecule has 0 aliphatic heterocycles. The molecule has 0 aliphatic rings. The normalized spacial score (nSPS) is 14.2. The zero-order valence-electron chi connectivity index (χ0n) is 12.6. The lowest BCUT2D eigenvalue weighted by molar-refractivity contribution is 0.0885. The minimum Gasteiger partial charge on any atom is -0.345 e. The molecular formula is C17H21FN2O. The van der Waals surface area contributed by atoms with Crippen molar-refractivity contribution in [2.75, 3.05) is 6.54 Å². The number of halogens is 1.